The number of ether oxygens (including phenoxy) is 1. The van der Waals surface area contributed by atoms with Gasteiger partial charge in [-0.15, -0.1) is 0 Å². The SMILES string of the molecule is CCc1cccc(OCC(O)CNCC(C)(O)CC)c1. The van der Waals surface area contributed by atoms with Crippen LogP contribution >= 0.6 is 0 Å². The van der Waals surface area contributed by atoms with Gasteiger partial charge in [-0.05, 0) is 37.5 Å². The molecular formula is C16H27NO3. The zero-order valence-electron chi connectivity index (χ0n) is 12.7. The van der Waals surface area contributed by atoms with Crippen molar-refractivity contribution in [3.8, 4) is 5.75 Å². The van der Waals surface area contributed by atoms with E-state index in [2.05, 4.69) is 18.3 Å². The third-order valence-corrected chi connectivity index (χ3v) is 3.40. The lowest BCUT2D eigenvalue weighted by Gasteiger charge is -2.22. The summed E-state index contributed by atoms with van der Waals surface area (Å²) in [5.74, 6) is 0.781. The maximum Gasteiger partial charge on any atom is 0.119 e. The molecule has 4 nitrogen and oxygen atoms in total. The highest BCUT2D eigenvalue weighted by Crippen LogP contribution is 2.13. The number of benzene rings is 1. The molecule has 0 saturated heterocycles. The molecule has 0 amide bonds. The molecular weight excluding hydrogens is 254 g/mol. The van der Waals surface area contributed by atoms with Gasteiger partial charge in [-0.2, -0.15) is 0 Å². The van der Waals surface area contributed by atoms with E-state index in [1.54, 1.807) is 6.92 Å². The van der Waals surface area contributed by atoms with Crippen LogP contribution in [0.4, 0.5) is 0 Å². The van der Waals surface area contributed by atoms with Crippen LogP contribution in [-0.4, -0.2) is 41.6 Å². The lowest BCUT2D eigenvalue weighted by atomic mass is 10.0. The van der Waals surface area contributed by atoms with E-state index in [9.17, 15) is 10.2 Å². The first-order chi connectivity index (χ1) is 9.46. The van der Waals surface area contributed by atoms with Crippen molar-refractivity contribution in [2.75, 3.05) is 19.7 Å². The van der Waals surface area contributed by atoms with Crippen LogP contribution in [0, 0.1) is 0 Å². The summed E-state index contributed by atoms with van der Waals surface area (Å²) < 4.78 is 5.57. The Morgan fingerprint density at radius 3 is 2.75 bits per heavy atom. The normalized spacial score (nSPS) is 15.7. The van der Waals surface area contributed by atoms with Gasteiger partial charge >= 0.3 is 0 Å². The monoisotopic (exact) mass is 281 g/mol. The molecule has 0 bridgehead atoms. The van der Waals surface area contributed by atoms with Gasteiger partial charge in [0.25, 0.3) is 0 Å². The Hall–Kier alpha value is -1.10. The van der Waals surface area contributed by atoms with E-state index >= 15 is 0 Å². The number of aliphatic hydroxyl groups excluding tert-OH is 1. The fourth-order valence-corrected chi connectivity index (χ4v) is 1.74. The van der Waals surface area contributed by atoms with Crippen molar-refractivity contribution in [2.45, 2.75) is 45.3 Å². The second-order valence-electron chi connectivity index (χ2n) is 5.45. The van der Waals surface area contributed by atoms with Gasteiger partial charge in [0, 0.05) is 13.1 Å². The van der Waals surface area contributed by atoms with E-state index in [1.165, 1.54) is 5.56 Å². The first-order valence-electron chi connectivity index (χ1n) is 7.29. The first kappa shape index (κ1) is 17.0. The quantitative estimate of drug-likeness (QED) is 0.645. The Balaban J connectivity index is 2.27. The Kier molecular flexibility index (Phi) is 6.99. The van der Waals surface area contributed by atoms with Crippen molar-refractivity contribution in [3.63, 3.8) is 0 Å². The van der Waals surface area contributed by atoms with E-state index in [-0.39, 0.29) is 6.61 Å². The highest BCUT2D eigenvalue weighted by Gasteiger charge is 2.17. The van der Waals surface area contributed by atoms with Crippen LogP contribution in [-0.2, 0) is 6.42 Å². The van der Waals surface area contributed by atoms with Crippen molar-refractivity contribution in [1.82, 2.24) is 5.32 Å². The molecule has 114 valence electrons. The van der Waals surface area contributed by atoms with Crippen LogP contribution < -0.4 is 10.1 Å². The molecule has 4 heteroatoms. The smallest absolute Gasteiger partial charge is 0.119 e. The number of rotatable bonds is 9. The molecule has 2 atom stereocenters. The zero-order chi connectivity index (χ0) is 15.0. The van der Waals surface area contributed by atoms with Crippen molar-refractivity contribution in [2.24, 2.45) is 0 Å². The van der Waals surface area contributed by atoms with Crippen molar-refractivity contribution < 1.29 is 14.9 Å². The Bertz CT molecular complexity index is 393. The number of hydrogen-bond donors (Lipinski definition) is 3. The van der Waals surface area contributed by atoms with Gasteiger partial charge in [0.05, 0.1) is 5.60 Å². The lowest BCUT2D eigenvalue weighted by molar-refractivity contribution is 0.0476. The number of aliphatic hydroxyl groups is 2. The van der Waals surface area contributed by atoms with Crippen LogP contribution in [0.3, 0.4) is 0 Å². The summed E-state index contributed by atoms with van der Waals surface area (Å²) >= 11 is 0. The van der Waals surface area contributed by atoms with Gasteiger partial charge in [-0.3, -0.25) is 0 Å². The standard InChI is InChI=1S/C16H27NO3/c1-4-13-7-6-8-15(9-13)20-11-14(18)10-17-12-16(3,19)5-2/h6-9,14,17-19H,4-5,10-12H2,1-3H3. The molecule has 1 aromatic carbocycles. The molecule has 0 radical (unpaired) electrons. The summed E-state index contributed by atoms with van der Waals surface area (Å²) in [5, 5.41) is 22.7. The number of nitrogens with one attached hydrogen (secondary N) is 1. The molecule has 20 heavy (non-hydrogen) atoms. The summed E-state index contributed by atoms with van der Waals surface area (Å²) in [5.41, 5.74) is 0.491. The minimum Gasteiger partial charge on any atom is -0.491 e. The van der Waals surface area contributed by atoms with Gasteiger partial charge < -0.3 is 20.3 Å². The lowest BCUT2D eigenvalue weighted by Crippen LogP contribution is -2.41. The molecule has 0 saturated carbocycles. The van der Waals surface area contributed by atoms with E-state index in [1.807, 2.05) is 25.1 Å². The van der Waals surface area contributed by atoms with E-state index in [0.717, 1.165) is 12.2 Å². The summed E-state index contributed by atoms with van der Waals surface area (Å²) in [7, 11) is 0. The minimum atomic E-state index is -0.726. The predicted molar refractivity (Wildman–Crippen MR) is 81.1 cm³/mol. The molecule has 0 spiro atoms. The summed E-state index contributed by atoms with van der Waals surface area (Å²) in [6, 6.07) is 7.89. The van der Waals surface area contributed by atoms with Gasteiger partial charge in [-0.1, -0.05) is 26.0 Å². The van der Waals surface area contributed by atoms with Crippen LogP contribution in [0.25, 0.3) is 0 Å². The fourth-order valence-electron chi connectivity index (χ4n) is 1.74. The second kappa shape index (κ2) is 8.25. The van der Waals surface area contributed by atoms with Gasteiger partial charge in [-0.25, -0.2) is 0 Å². The largest absolute Gasteiger partial charge is 0.491 e. The van der Waals surface area contributed by atoms with Crippen molar-refractivity contribution in [3.05, 3.63) is 29.8 Å². The minimum absolute atomic E-state index is 0.244. The van der Waals surface area contributed by atoms with Crippen molar-refractivity contribution >= 4 is 0 Å². The Labute approximate surface area is 121 Å². The van der Waals surface area contributed by atoms with Crippen molar-refractivity contribution in [1.29, 1.82) is 0 Å². The maximum atomic E-state index is 9.84. The summed E-state index contributed by atoms with van der Waals surface area (Å²) in [6.07, 6.45) is 1.05. The highest BCUT2D eigenvalue weighted by atomic mass is 16.5. The summed E-state index contributed by atoms with van der Waals surface area (Å²) in [4.78, 5) is 0. The fraction of sp³-hybridized carbons (Fsp3) is 0.625. The van der Waals surface area contributed by atoms with Gasteiger partial charge in [0.1, 0.15) is 18.5 Å². The van der Waals surface area contributed by atoms with Crippen LogP contribution in [0.1, 0.15) is 32.8 Å². The molecule has 1 rings (SSSR count). The zero-order valence-corrected chi connectivity index (χ0v) is 12.7. The van der Waals surface area contributed by atoms with Gasteiger partial charge in [0.2, 0.25) is 0 Å². The van der Waals surface area contributed by atoms with Crippen LogP contribution in [0.5, 0.6) is 5.75 Å². The van der Waals surface area contributed by atoms with Crippen LogP contribution in [0.15, 0.2) is 24.3 Å². The topological polar surface area (TPSA) is 61.7 Å². The second-order valence-corrected chi connectivity index (χ2v) is 5.45. The molecule has 2 unspecified atom stereocenters. The first-order valence-corrected chi connectivity index (χ1v) is 7.29. The Morgan fingerprint density at radius 1 is 1.35 bits per heavy atom. The molecule has 0 aliphatic carbocycles. The molecule has 0 aliphatic rings. The predicted octanol–water partition coefficient (Wildman–Crippen LogP) is 1.74. The third kappa shape index (κ3) is 6.37. The van der Waals surface area contributed by atoms with E-state index in [4.69, 9.17) is 4.74 Å². The molecule has 0 aliphatic heterocycles. The molecule has 1 aromatic rings. The number of hydrogen-bond acceptors (Lipinski definition) is 4. The number of aryl methyl sites for hydroxylation is 1. The third-order valence-electron chi connectivity index (χ3n) is 3.40. The highest BCUT2D eigenvalue weighted by molar-refractivity contribution is 5.28. The maximum absolute atomic E-state index is 9.84. The average molecular weight is 281 g/mol. The van der Waals surface area contributed by atoms with E-state index in [0.29, 0.717) is 19.5 Å². The molecule has 0 fully saturated rings. The van der Waals surface area contributed by atoms with Gasteiger partial charge in [0.15, 0.2) is 0 Å². The average Bonchev–Trinajstić information content (AvgIpc) is 2.45. The van der Waals surface area contributed by atoms with Crippen LogP contribution in [0.2, 0.25) is 0 Å². The summed E-state index contributed by atoms with van der Waals surface area (Å²) in [6.45, 7) is 6.92. The molecule has 0 aromatic heterocycles. The molecule has 0 heterocycles. The van der Waals surface area contributed by atoms with E-state index < -0.39 is 11.7 Å². The Morgan fingerprint density at radius 2 is 2.10 bits per heavy atom. The molecule has 3 N–H and O–H groups in total.